The van der Waals surface area contributed by atoms with E-state index in [1.807, 2.05) is 0 Å². The number of benzene rings is 2. The van der Waals surface area contributed by atoms with Gasteiger partial charge >= 0.3 is 0 Å². The van der Waals surface area contributed by atoms with Crippen LogP contribution in [0.3, 0.4) is 0 Å². The lowest BCUT2D eigenvalue weighted by molar-refractivity contribution is 0.0718. The highest BCUT2D eigenvalue weighted by atomic mass is 16.5. The highest BCUT2D eigenvalue weighted by molar-refractivity contribution is 5.96. The van der Waals surface area contributed by atoms with Gasteiger partial charge in [0, 0.05) is 49.4 Å². The third-order valence-electron chi connectivity index (χ3n) is 4.82. The van der Waals surface area contributed by atoms with Gasteiger partial charge in [0.25, 0.3) is 11.8 Å². The van der Waals surface area contributed by atoms with Gasteiger partial charge in [-0.25, -0.2) is 0 Å². The monoisotopic (exact) mass is 400 g/mol. The molecular weight excluding hydrogens is 376 g/mol. The highest BCUT2D eigenvalue weighted by Gasteiger charge is 2.24. The van der Waals surface area contributed by atoms with E-state index in [4.69, 9.17) is 9.47 Å². The number of carbonyl (C=O) groups excluding carboxylic acids is 2. The summed E-state index contributed by atoms with van der Waals surface area (Å²) in [6.45, 7) is 1.70. The van der Waals surface area contributed by atoms with Crippen LogP contribution in [-0.4, -0.2) is 72.2 Å². The average molecular weight is 400 g/mol. The van der Waals surface area contributed by atoms with Crippen LogP contribution in [0.15, 0.2) is 36.4 Å². The van der Waals surface area contributed by atoms with E-state index in [2.05, 4.69) is 0 Å². The van der Waals surface area contributed by atoms with Gasteiger partial charge in [-0.2, -0.15) is 0 Å². The predicted octanol–water partition coefficient (Wildman–Crippen LogP) is 2.10. The zero-order valence-electron chi connectivity index (χ0n) is 16.4. The summed E-state index contributed by atoms with van der Waals surface area (Å²) in [4.78, 5) is 29.0. The van der Waals surface area contributed by atoms with Gasteiger partial charge in [-0.15, -0.1) is 0 Å². The van der Waals surface area contributed by atoms with Crippen LogP contribution in [-0.2, 0) is 0 Å². The molecule has 3 rings (SSSR count). The molecule has 0 unspecified atom stereocenters. The second kappa shape index (κ2) is 8.72. The van der Waals surface area contributed by atoms with Crippen molar-refractivity contribution in [2.24, 2.45) is 0 Å². The SMILES string of the molecule is COc1cc(OC)cc(C(=O)N2CCCN(C(=O)c3cc(O)cc(O)c3)CC2)c1. The lowest BCUT2D eigenvalue weighted by Crippen LogP contribution is -2.37. The molecule has 0 aromatic heterocycles. The fourth-order valence-corrected chi connectivity index (χ4v) is 3.34. The standard InChI is InChI=1S/C21H24N2O6/c1-28-18-10-15(11-19(13-18)29-2)21(27)23-5-3-4-22(6-7-23)20(26)14-8-16(24)12-17(25)9-14/h8-13,24-25H,3-7H2,1-2H3. The van der Waals surface area contributed by atoms with Crippen LogP contribution in [0.1, 0.15) is 27.1 Å². The smallest absolute Gasteiger partial charge is 0.254 e. The molecule has 2 amide bonds. The van der Waals surface area contributed by atoms with E-state index < -0.39 is 0 Å². The lowest BCUT2D eigenvalue weighted by Gasteiger charge is -2.23. The molecule has 1 aliphatic heterocycles. The van der Waals surface area contributed by atoms with Crippen molar-refractivity contribution in [3.05, 3.63) is 47.5 Å². The number of carbonyl (C=O) groups is 2. The second-order valence-electron chi connectivity index (χ2n) is 6.78. The Labute approximate surface area is 168 Å². The van der Waals surface area contributed by atoms with Crippen molar-refractivity contribution in [1.29, 1.82) is 0 Å². The molecule has 29 heavy (non-hydrogen) atoms. The Morgan fingerprint density at radius 3 is 1.62 bits per heavy atom. The number of nitrogens with zero attached hydrogens (tertiary/aromatic N) is 2. The average Bonchev–Trinajstić information content (AvgIpc) is 2.97. The van der Waals surface area contributed by atoms with Gasteiger partial charge in [-0.05, 0) is 30.7 Å². The van der Waals surface area contributed by atoms with Crippen molar-refractivity contribution in [3.63, 3.8) is 0 Å². The van der Waals surface area contributed by atoms with Gasteiger partial charge in [-0.3, -0.25) is 9.59 Å². The number of hydrogen-bond acceptors (Lipinski definition) is 6. The van der Waals surface area contributed by atoms with Crippen LogP contribution in [0.2, 0.25) is 0 Å². The van der Waals surface area contributed by atoms with E-state index >= 15 is 0 Å². The first-order chi connectivity index (χ1) is 13.9. The summed E-state index contributed by atoms with van der Waals surface area (Å²) < 4.78 is 10.5. The van der Waals surface area contributed by atoms with Crippen molar-refractivity contribution in [3.8, 4) is 23.0 Å². The number of amides is 2. The number of rotatable bonds is 4. The number of phenols is 2. The molecule has 0 spiro atoms. The Hall–Kier alpha value is -3.42. The largest absolute Gasteiger partial charge is 0.508 e. The summed E-state index contributed by atoms with van der Waals surface area (Å²) in [6, 6.07) is 8.82. The van der Waals surface area contributed by atoms with Crippen LogP contribution in [0.25, 0.3) is 0 Å². The minimum absolute atomic E-state index is 0.161. The molecule has 2 aromatic rings. The first-order valence-corrected chi connectivity index (χ1v) is 9.26. The van der Waals surface area contributed by atoms with Gasteiger partial charge in [0.1, 0.15) is 23.0 Å². The zero-order chi connectivity index (χ0) is 21.0. The topological polar surface area (TPSA) is 99.5 Å². The number of phenolic OH excluding ortho intramolecular Hbond substituents is 2. The molecule has 2 aromatic carbocycles. The van der Waals surface area contributed by atoms with Gasteiger partial charge < -0.3 is 29.5 Å². The van der Waals surface area contributed by atoms with Crippen LogP contribution in [0.4, 0.5) is 0 Å². The normalized spacial score (nSPS) is 14.3. The van der Waals surface area contributed by atoms with E-state index in [9.17, 15) is 19.8 Å². The van der Waals surface area contributed by atoms with Crippen LogP contribution < -0.4 is 9.47 Å². The first-order valence-electron chi connectivity index (χ1n) is 9.26. The molecule has 0 bridgehead atoms. The molecule has 1 saturated heterocycles. The number of ether oxygens (including phenoxy) is 2. The van der Waals surface area contributed by atoms with Crippen molar-refractivity contribution in [1.82, 2.24) is 9.80 Å². The number of methoxy groups -OCH3 is 2. The number of aromatic hydroxyl groups is 2. The fourth-order valence-electron chi connectivity index (χ4n) is 3.34. The third kappa shape index (κ3) is 4.71. The van der Waals surface area contributed by atoms with E-state index in [0.717, 1.165) is 0 Å². The molecule has 1 fully saturated rings. The van der Waals surface area contributed by atoms with Gasteiger partial charge in [0.2, 0.25) is 0 Å². The molecule has 8 heteroatoms. The van der Waals surface area contributed by atoms with Gasteiger partial charge in [0.15, 0.2) is 0 Å². The molecule has 8 nitrogen and oxygen atoms in total. The second-order valence-corrected chi connectivity index (χ2v) is 6.78. The lowest BCUT2D eigenvalue weighted by atomic mass is 10.1. The summed E-state index contributed by atoms with van der Waals surface area (Å²) in [7, 11) is 3.05. The molecule has 0 aliphatic carbocycles. The Bertz CT molecular complexity index is 872. The third-order valence-corrected chi connectivity index (χ3v) is 4.82. The Kier molecular flexibility index (Phi) is 6.11. The van der Waals surface area contributed by atoms with E-state index in [0.29, 0.717) is 49.7 Å². The fraction of sp³-hybridized carbons (Fsp3) is 0.333. The highest BCUT2D eigenvalue weighted by Crippen LogP contribution is 2.25. The van der Waals surface area contributed by atoms with Crippen LogP contribution >= 0.6 is 0 Å². The van der Waals surface area contributed by atoms with Crippen LogP contribution in [0, 0.1) is 0 Å². The van der Waals surface area contributed by atoms with E-state index in [1.165, 1.54) is 32.4 Å². The van der Waals surface area contributed by atoms with Crippen molar-refractivity contribution < 1.29 is 29.3 Å². The minimum Gasteiger partial charge on any atom is -0.508 e. The summed E-state index contributed by atoms with van der Waals surface area (Å²) in [5.74, 6) is 0.255. The number of hydrogen-bond donors (Lipinski definition) is 2. The minimum atomic E-state index is -0.298. The molecule has 0 atom stereocenters. The molecule has 0 radical (unpaired) electrons. The van der Waals surface area contributed by atoms with E-state index in [-0.39, 0.29) is 28.9 Å². The quantitative estimate of drug-likeness (QED) is 0.816. The molecule has 1 aliphatic rings. The Morgan fingerprint density at radius 1 is 0.724 bits per heavy atom. The van der Waals surface area contributed by atoms with Crippen molar-refractivity contribution >= 4 is 11.8 Å². The molecule has 2 N–H and O–H groups in total. The predicted molar refractivity (Wildman–Crippen MR) is 106 cm³/mol. The summed E-state index contributed by atoms with van der Waals surface area (Å²) in [5.41, 5.74) is 0.665. The van der Waals surface area contributed by atoms with Gasteiger partial charge in [0.05, 0.1) is 14.2 Å². The Morgan fingerprint density at radius 2 is 1.17 bits per heavy atom. The summed E-state index contributed by atoms with van der Waals surface area (Å²) in [6.07, 6.45) is 0.614. The first kappa shape index (κ1) is 20.3. The Balaban J connectivity index is 1.72. The van der Waals surface area contributed by atoms with Gasteiger partial charge in [-0.1, -0.05) is 0 Å². The van der Waals surface area contributed by atoms with E-state index in [1.54, 1.807) is 28.0 Å². The van der Waals surface area contributed by atoms with Crippen LogP contribution in [0.5, 0.6) is 23.0 Å². The summed E-state index contributed by atoms with van der Waals surface area (Å²) >= 11 is 0. The maximum Gasteiger partial charge on any atom is 0.254 e. The maximum atomic E-state index is 13.0. The zero-order valence-corrected chi connectivity index (χ0v) is 16.4. The maximum absolute atomic E-state index is 13.0. The molecule has 154 valence electrons. The molecule has 1 heterocycles. The van der Waals surface area contributed by atoms with Crippen molar-refractivity contribution in [2.75, 3.05) is 40.4 Å². The molecule has 0 saturated carbocycles. The van der Waals surface area contributed by atoms with Crippen molar-refractivity contribution in [2.45, 2.75) is 6.42 Å². The molecular formula is C21H24N2O6. The summed E-state index contributed by atoms with van der Waals surface area (Å²) in [5, 5.41) is 19.2.